The Morgan fingerprint density at radius 2 is 1.95 bits per heavy atom. The summed E-state index contributed by atoms with van der Waals surface area (Å²) in [5, 5.41) is 7.87. The van der Waals surface area contributed by atoms with Gasteiger partial charge in [0.15, 0.2) is 5.11 Å². The molecule has 0 radical (unpaired) electrons. The highest BCUT2D eigenvalue weighted by Crippen LogP contribution is 2.15. The van der Waals surface area contributed by atoms with Crippen LogP contribution in [0.1, 0.15) is 25.1 Å². The maximum atomic E-state index is 5.26. The van der Waals surface area contributed by atoms with Crippen LogP contribution in [0.5, 0.6) is 0 Å². The Labute approximate surface area is 130 Å². The number of anilines is 1. The number of nitrogens with one attached hydrogen (secondary N) is 2. The van der Waals surface area contributed by atoms with E-state index in [2.05, 4.69) is 33.8 Å². The summed E-state index contributed by atoms with van der Waals surface area (Å²) in [4.78, 5) is 4.23. The van der Waals surface area contributed by atoms with Crippen molar-refractivity contribution in [3.05, 3.63) is 59.9 Å². The van der Waals surface area contributed by atoms with E-state index in [-0.39, 0.29) is 0 Å². The normalized spacial score (nSPS) is 11.0. The lowest BCUT2D eigenvalue weighted by Gasteiger charge is -2.11. The zero-order valence-corrected chi connectivity index (χ0v) is 12.9. The molecule has 0 amide bonds. The number of aryl methyl sites for hydroxylation is 1. The van der Waals surface area contributed by atoms with Crippen molar-refractivity contribution in [2.24, 2.45) is 5.10 Å². The first-order chi connectivity index (χ1) is 10.2. The van der Waals surface area contributed by atoms with E-state index in [1.807, 2.05) is 43.3 Å². The molecule has 0 saturated heterocycles. The number of benzene rings is 1. The summed E-state index contributed by atoms with van der Waals surface area (Å²) in [6.45, 7) is 4.00. The number of para-hydroxylation sites is 1. The number of hydrazone groups is 1. The molecule has 0 saturated carbocycles. The first-order valence-corrected chi connectivity index (χ1v) is 7.22. The second-order valence-corrected chi connectivity index (χ2v) is 4.90. The molecule has 0 atom stereocenters. The van der Waals surface area contributed by atoms with E-state index >= 15 is 0 Å². The fourth-order valence-electron chi connectivity index (χ4n) is 1.87. The van der Waals surface area contributed by atoms with Gasteiger partial charge in [0.2, 0.25) is 0 Å². The molecule has 1 aromatic heterocycles. The maximum Gasteiger partial charge on any atom is 0.191 e. The molecule has 1 heterocycles. The fourth-order valence-corrected chi connectivity index (χ4v) is 2.03. The molecule has 0 fully saturated rings. The Morgan fingerprint density at radius 1 is 1.19 bits per heavy atom. The SMILES string of the molecule is CCc1ccccc1NC(=S)NN=C(C)c1ccccn1. The summed E-state index contributed by atoms with van der Waals surface area (Å²) >= 11 is 5.26. The second kappa shape index (κ2) is 7.50. The van der Waals surface area contributed by atoms with E-state index in [1.54, 1.807) is 6.20 Å². The van der Waals surface area contributed by atoms with Gasteiger partial charge in [0.25, 0.3) is 0 Å². The Morgan fingerprint density at radius 3 is 2.67 bits per heavy atom. The number of rotatable bonds is 4. The molecule has 2 aromatic rings. The Kier molecular flexibility index (Phi) is 5.40. The van der Waals surface area contributed by atoms with E-state index in [0.29, 0.717) is 5.11 Å². The zero-order valence-electron chi connectivity index (χ0n) is 12.1. The smallest absolute Gasteiger partial charge is 0.191 e. The van der Waals surface area contributed by atoms with E-state index in [0.717, 1.165) is 23.5 Å². The van der Waals surface area contributed by atoms with Crippen molar-refractivity contribution in [1.29, 1.82) is 0 Å². The molecule has 0 aliphatic carbocycles. The summed E-state index contributed by atoms with van der Waals surface area (Å²) in [5.41, 5.74) is 6.67. The average molecular weight is 298 g/mol. The van der Waals surface area contributed by atoms with Gasteiger partial charge in [0.05, 0.1) is 11.4 Å². The monoisotopic (exact) mass is 298 g/mol. The van der Waals surface area contributed by atoms with Crippen molar-refractivity contribution in [2.45, 2.75) is 20.3 Å². The van der Waals surface area contributed by atoms with Crippen LogP contribution in [0.4, 0.5) is 5.69 Å². The minimum atomic E-state index is 0.464. The molecule has 1 aromatic carbocycles. The molecule has 2 rings (SSSR count). The highest BCUT2D eigenvalue weighted by atomic mass is 32.1. The molecule has 2 N–H and O–H groups in total. The van der Waals surface area contributed by atoms with Gasteiger partial charge in [-0.25, -0.2) is 0 Å². The first kappa shape index (κ1) is 15.1. The molecule has 0 aliphatic heterocycles. The van der Waals surface area contributed by atoms with Gasteiger partial charge in [0, 0.05) is 11.9 Å². The molecule has 4 nitrogen and oxygen atoms in total. The zero-order chi connectivity index (χ0) is 15.1. The summed E-state index contributed by atoms with van der Waals surface area (Å²) in [5.74, 6) is 0. The van der Waals surface area contributed by atoms with Crippen LogP contribution in [0.3, 0.4) is 0 Å². The van der Waals surface area contributed by atoms with Gasteiger partial charge in [-0.15, -0.1) is 0 Å². The van der Waals surface area contributed by atoms with E-state index in [1.165, 1.54) is 5.56 Å². The standard InChI is InChI=1S/C16H18N4S/c1-3-13-8-4-5-10-15(13)18-16(21)20-19-12(2)14-9-6-7-11-17-14/h4-11H,3H2,1-2H3,(H2,18,20,21). The van der Waals surface area contributed by atoms with E-state index < -0.39 is 0 Å². The van der Waals surface area contributed by atoms with Crippen molar-refractivity contribution in [2.75, 3.05) is 5.32 Å². The molecular weight excluding hydrogens is 280 g/mol. The van der Waals surface area contributed by atoms with Crippen molar-refractivity contribution >= 4 is 28.7 Å². The lowest BCUT2D eigenvalue weighted by molar-refractivity contribution is 1.03. The topological polar surface area (TPSA) is 49.3 Å². The molecule has 0 bridgehead atoms. The fraction of sp³-hybridized carbons (Fsp3) is 0.188. The maximum absolute atomic E-state index is 5.26. The molecule has 108 valence electrons. The first-order valence-electron chi connectivity index (χ1n) is 6.81. The highest BCUT2D eigenvalue weighted by Gasteiger charge is 2.02. The lowest BCUT2D eigenvalue weighted by Crippen LogP contribution is -2.25. The third-order valence-corrected chi connectivity index (χ3v) is 3.20. The number of nitrogens with zero attached hydrogens (tertiary/aromatic N) is 2. The summed E-state index contributed by atoms with van der Waals surface area (Å²) in [6, 6.07) is 13.8. The predicted octanol–water partition coefficient (Wildman–Crippen LogP) is 3.35. The summed E-state index contributed by atoms with van der Waals surface area (Å²) in [7, 11) is 0. The third kappa shape index (κ3) is 4.36. The quantitative estimate of drug-likeness (QED) is 0.516. The van der Waals surface area contributed by atoms with Gasteiger partial charge in [0.1, 0.15) is 0 Å². The Bertz CT molecular complexity index is 638. The number of thiocarbonyl (C=S) groups is 1. The molecule has 0 spiro atoms. The Hall–Kier alpha value is -2.27. The number of aromatic nitrogens is 1. The van der Waals surface area contributed by atoms with Crippen LogP contribution in [0, 0.1) is 0 Å². The molecule has 21 heavy (non-hydrogen) atoms. The minimum absolute atomic E-state index is 0.464. The van der Waals surface area contributed by atoms with Crippen molar-refractivity contribution < 1.29 is 0 Å². The van der Waals surface area contributed by atoms with Gasteiger partial charge in [-0.1, -0.05) is 31.2 Å². The van der Waals surface area contributed by atoms with E-state index in [9.17, 15) is 0 Å². The van der Waals surface area contributed by atoms with Gasteiger partial charge < -0.3 is 5.32 Å². The van der Waals surface area contributed by atoms with Crippen LogP contribution in [0.25, 0.3) is 0 Å². The van der Waals surface area contributed by atoms with Gasteiger partial charge >= 0.3 is 0 Å². The molecular formula is C16H18N4S. The van der Waals surface area contributed by atoms with Crippen molar-refractivity contribution in [3.8, 4) is 0 Å². The summed E-state index contributed by atoms with van der Waals surface area (Å²) in [6.07, 6.45) is 2.68. The molecule has 5 heteroatoms. The van der Waals surface area contributed by atoms with Crippen LogP contribution >= 0.6 is 12.2 Å². The predicted molar refractivity (Wildman–Crippen MR) is 91.6 cm³/mol. The van der Waals surface area contributed by atoms with Crippen molar-refractivity contribution in [1.82, 2.24) is 10.4 Å². The van der Waals surface area contributed by atoms with Crippen LogP contribution in [-0.4, -0.2) is 15.8 Å². The number of hydrogen-bond donors (Lipinski definition) is 2. The number of hydrogen-bond acceptors (Lipinski definition) is 3. The van der Waals surface area contributed by atoms with Gasteiger partial charge in [-0.3, -0.25) is 10.4 Å². The number of pyridine rings is 1. The van der Waals surface area contributed by atoms with Gasteiger partial charge in [-0.2, -0.15) is 5.10 Å². The van der Waals surface area contributed by atoms with E-state index in [4.69, 9.17) is 12.2 Å². The van der Waals surface area contributed by atoms with Crippen LogP contribution < -0.4 is 10.7 Å². The average Bonchev–Trinajstić information content (AvgIpc) is 2.54. The van der Waals surface area contributed by atoms with Crippen molar-refractivity contribution in [3.63, 3.8) is 0 Å². The van der Waals surface area contributed by atoms with Crippen LogP contribution in [0.15, 0.2) is 53.8 Å². The summed E-state index contributed by atoms with van der Waals surface area (Å²) < 4.78 is 0. The highest BCUT2D eigenvalue weighted by molar-refractivity contribution is 7.80. The molecule has 0 aliphatic rings. The largest absolute Gasteiger partial charge is 0.331 e. The lowest BCUT2D eigenvalue weighted by atomic mass is 10.1. The second-order valence-electron chi connectivity index (χ2n) is 4.49. The Balaban J connectivity index is 1.99. The minimum Gasteiger partial charge on any atom is -0.331 e. The van der Waals surface area contributed by atoms with Crippen LogP contribution in [-0.2, 0) is 6.42 Å². The van der Waals surface area contributed by atoms with Gasteiger partial charge in [-0.05, 0) is 49.3 Å². The van der Waals surface area contributed by atoms with Crippen LogP contribution in [0.2, 0.25) is 0 Å². The molecule has 0 unspecified atom stereocenters. The third-order valence-electron chi connectivity index (χ3n) is 3.01.